The Labute approximate surface area is 154 Å². The Morgan fingerprint density at radius 2 is 1.69 bits per heavy atom. The smallest absolute Gasteiger partial charge is 0.303 e. The highest BCUT2D eigenvalue weighted by Gasteiger charge is 2.29. The summed E-state index contributed by atoms with van der Waals surface area (Å²) in [6.07, 6.45) is 0.572. The molecule has 0 aromatic heterocycles. The van der Waals surface area contributed by atoms with Gasteiger partial charge in [-0.15, -0.1) is 0 Å². The van der Waals surface area contributed by atoms with Crippen LogP contribution in [-0.2, 0) is 21.5 Å². The molecule has 0 fully saturated rings. The van der Waals surface area contributed by atoms with Gasteiger partial charge in [0.15, 0.2) is 0 Å². The summed E-state index contributed by atoms with van der Waals surface area (Å²) in [5.74, 6) is -0.161. The number of carboxylic acid groups (broad SMARTS) is 1. The maximum absolute atomic E-state index is 12.6. The number of amides is 1. The first-order valence-corrected chi connectivity index (χ1v) is 8.67. The molecule has 0 atom stereocenters. The summed E-state index contributed by atoms with van der Waals surface area (Å²) in [6, 6.07) is 17.1. The largest absolute Gasteiger partial charge is 0.494 e. The monoisotopic (exact) mass is 355 g/mol. The number of carbonyl (C=O) groups excluding carboxylic acids is 1. The van der Waals surface area contributed by atoms with Crippen molar-refractivity contribution in [2.24, 2.45) is 0 Å². The van der Waals surface area contributed by atoms with Gasteiger partial charge >= 0.3 is 5.97 Å². The average Bonchev–Trinajstić information content (AvgIpc) is 2.64. The van der Waals surface area contributed by atoms with Gasteiger partial charge in [0.1, 0.15) is 5.75 Å². The molecule has 2 rings (SSSR count). The number of hydrogen-bond acceptors (Lipinski definition) is 3. The summed E-state index contributed by atoms with van der Waals surface area (Å²) in [5, 5.41) is 11.6. The Kier molecular flexibility index (Phi) is 6.78. The molecule has 0 aliphatic heterocycles. The Morgan fingerprint density at radius 1 is 1.04 bits per heavy atom. The van der Waals surface area contributed by atoms with Gasteiger partial charge in [-0.25, -0.2) is 0 Å². The van der Waals surface area contributed by atoms with E-state index in [0.717, 1.165) is 11.1 Å². The molecule has 0 heterocycles. The molecule has 2 aromatic carbocycles. The molecular weight excluding hydrogens is 330 g/mol. The van der Waals surface area contributed by atoms with E-state index >= 15 is 0 Å². The van der Waals surface area contributed by atoms with Crippen molar-refractivity contribution in [3.63, 3.8) is 0 Å². The number of ether oxygens (including phenoxy) is 1. The van der Waals surface area contributed by atoms with Crippen molar-refractivity contribution in [3.05, 3.63) is 65.7 Å². The van der Waals surface area contributed by atoms with Crippen LogP contribution in [0, 0.1) is 0 Å². The first-order chi connectivity index (χ1) is 12.4. The van der Waals surface area contributed by atoms with E-state index in [9.17, 15) is 9.59 Å². The first kappa shape index (κ1) is 19.5. The summed E-state index contributed by atoms with van der Waals surface area (Å²) in [4.78, 5) is 23.0. The zero-order valence-corrected chi connectivity index (χ0v) is 15.2. The van der Waals surface area contributed by atoms with Crippen LogP contribution in [0.25, 0.3) is 0 Å². The second-order valence-electron chi connectivity index (χ2n) is 6.66. The zero-order valence-electron chi connectivity index (χ0n) is 15.2. The second kappa shape index (κ2) is 9.04. The molecule has 138 valence electrons. The normalized spacial score (nSPS) is 11.0. The summed E-state index contributed by atoms with van der Waals surface area (Å²) >= 11 is 0. The molecule has 1 amide bonds. The number of nitrogens with one attached hydrogen (secondary N) is 1. The number of benzene rings is 2. The van der Waals surface area contributed by atoms with Crippen molar-refractivity contribution >= 4 is 11.9 Å². The van der Waals surface area contributed by atoms with Gasteiger partial charge in [-0.1, -0.05) is 42.5 Å². The third-order valence-electron chi connectivity index (χ3n) is 4.24. The molecule has 0 spiro atoms. The predicted octanol–water partition coefficient (Wildman–Crippen LogP) is 3.52. The lowest BCUT2D eigenvalue weighted by atomic mass is 9.84. The maximum atomic E-state index is 12.6. The van der Waals surface area contributed by atoms with Crippen LogP contribution in [0.3, 0.4) is 0 Å². The molecule has 26 heavy (non-hydrogen) atoms. The Bertz CT molecular complexity index is 723. The standard InChI is InChI=1S/C21H25NO4/c1-21(2,17-7-4-3-5-8-17)20(25)22-15-16-10-12-18(13-11-16)26-14-6-9-19(23)24/h3-5,7-8,10-13H,6,9,14-15H2,1-2H3,(H,22,25)(H,23,24). The number of hydrogen-bond donors (Lipinski definition) is 2. The van der Waals surface area contributed by atoms with Crippen LogP contribution in [0.15, 0.2) is 54.6 Å². The van der Waals surface area contributed by atoms with Gasteiger partial charge in [-0.3, -0.25) is 9.59 Å². The highest BCUT2D eigenvalue weighted by Crippen LogP contribution is 2.23. The van der Waals surface area contributed by atoms with Gasteiger partial charge in [0.2, 0.25) is 5.91 Å². The third-order valence-corrected chi connectivity index (χ3v) is 4.24. The van der Waals surface area contributed by atoms with Crippen molar-refractivity contribution in [1.82, 2.24) is 5.32 Å². The van der Waals surface area contributed by atoms with Gasteiger partial charge < -0.3 is 15.2 Å². The molecule has 5 heteroatoms. The minimum Gasteiger partial charge on any atom is -0.494 e. The van der Waals surface area contributed by atoms with Crippen LogP contribution in [-0.4, -0.2) is 23.6 Å². The van der Waals surface area contributed by atoms with Crippen LogP contribution in [0.4, 0.5) is 0 Å². The van der Waals surface area contributed by atoms with Crippen molar-refractivity contribution in [3.8, 4) is 5.75 Å². The van der Waals surface area contributed by atoms with E-state index in [1.54, 1.807) is 0 Å². The number of carboxylic acids is 1. The Balaban J connectivity index is 1.83. The van der Waals surface area contributed by atoms with E-state index < -0.39 is 11.4 Å². The molecule has 0 aliphatic carbocycles. The van der Waals surface area contributed by atoms with Crippen LogP contribution >= 0.6 is 0 Å². The minimum atomic E-state index is -0.821. The molecule has 0 unspecified atom stereocenters. The van der Waals surface area contributed by atoms with E-state index in [2.05, 4.69) is 5.32 Å². The van der Waals surface area contributed by atoms with E-state index in [0.29, 0.717) is 25.3 Å². The van der Waals surface area contributed by atoms with E-state index in [4.69, 9.17) is 9.84 Å². The molecule has 0 saturated carbocycles. The molecular formula is C21H25NO4. The lowest BCUT2D eigenvalue weighted by Gasteiger charge is -2.24. The summed E-state index contributed by atoms with van der Waals surface area (Å²) in [7, 11) is 0. The molecule has 0 aliphatic rings. The number of carbonyl (C=O) groups is 2. The van der Waals surface area contributed by atoms with E-state index in [-0.39, 0.29) is 12.3 Å². The fourth-order valence-electron chi connectivity index (χ4n) is 2.51. The van der Waals surface area contributed by atoms with Crippen LogP contribution in [0.5, 0.6) is 5.75 Å². The maximum Gasteiger partial charge on any atom is 0.303 e. The van der Waals surface area contributed by atoms with E-state index in [1.807, 2.05) is 68.4 Å². The number of aliphatic carboxylic acids is 1. The van der Waals surface area contributed by atoms with Crippen LogP contribution in [0.2, 0.25) is 0 Å². The van der Waals surface area contributed by atoms with Gasteiger partial charge in [-0.2, -0.15) is 0 Å². The van der Waals surface area contributed by atoms with Crippen molar-refractivity contribution in [1.29, 1.82) is 0 Å². The van der Waals surface area contributed by atoms with Gasteiger partial charge in [-0.05, 0) is 43.5 Å². The van der Waals surface area contributed by atoms with Crippen molar-refractivity contribution < 1.29 is 19.4 Å². The molecule has 0 radical (unpaired) electrons. The molecule has 2 aromatic rings. The fourth-order valence-corrected chi connectivity index (χ4v) is 2.51. The third kappa shape index (κ3) is 5.62. The highest BCUT2D eigenvalue weighted by molar-refractivity contribution is 5.87. The Hall–Kier alpha value is -2.82. The highest BCUT2D eigenvalue weighted by atomic mass is 16.5. The van der Waals surface area contributed by atoms with Gasteiger partial charge in [0, 0.05) is 13.0 Å². The molecule has 0 bridgehead atoms. The number of rotatable bonds is 9. The molecule has 0 saturated heterocycles. The lowest BCUT2D eigenvalue weighted by molar-refractivity contribution is -0.137. The van der Waals surface area contributed by atoms with Gasteiger partial charge in [0.25, 0.3) is 0 Å². The van der Waals surface area contributed by atoms with Crippen molar-refractivity contribution in [2.75, 3.05) is 6.61 Å². The lowest BCUT2D eigenvalue weighted by Crippen LogP contribution is -2.39. The predicted molar refractivity (Wildman–Crippen MR) is 100 cm³/mol. The zero-order chi connectivity index (χ0) is 19.0. The SMILES string of the molecule is CC(C)(C(=O)NCc1ccc(OCCCC(=O)O)cc1)c1ccccc1. The van der Waals surface area contributed by atoms with Gasteiger partial charge in [0.05, 0.1) is 12.0 Å². The van der Waals surface area contributed by atoms with Crippen molar-refractivity contribution in [2.45, 2.75) is 38.6 Å². The van der Waals surface area contributed by atoms with Crippen LogP contribution < -0.4 is 10.1 Å². The molecule has 2 N–H and O–H groups in total. The summed E-state index contributed by atoms with van der Waals surface area (Å²) in [5.41, 5.74) is 1.34. The second-order valence-corrected chi connectivity index (χ2v) is 6.66. The summed E-state index contributed by atoms with van der Waals surface area (Å²) in [6.45, 7) is 4.62. The molecule has 5 nitrogen and oxygen atoms in total. The summed E-state index contributed by atoms with van der Waals surface area (Å²) < 4.78 is 5.50. The van der Waals surface area contributed by atoms with Crippen LogP contribution in [0.1, 0.15) is 37.8 Å². The first-order valence-electron chi connectivity index (χ1n) is 8.67. The topological polar surface area (TPSA) is 75.6 Å². The average molecular weight is 355 g/mol. The fraction of sp³-hybridized carbons (Fsp3) is 0.333. The quantitative estimate of drug-likeness (QED) is 0.675. The minimum absolute atomic E-state index is 0.0299. The van der Waals surface area contributed by atoms with E-state index in [1.165, 1.54) is 0 Å². The Morgan fingerprint density at radius 3 is 2.31 bits per heavy atom.